The maximum absolute atomic E-state index is 12.5. The molecule has 0 bridgehead atoms. The maximum atomic E-state index is 12.5. The molecule has 3 aromatic carbocycles. The zero-order valence-corrected chi connectivity index (χ0v) is 15.8. The summed E-state index contributed by atoms with van der Waals surface area (Å²) >= 11 is 0. The Labute approximate surface area is 172 Å². The molecular weight excluding hydrogens is 388 g/mol. The van der Waals surface area contributed by atoms with E-state index in [0.717, 1.165) is 5.56 Å². The van der Waals surface area contributed by atoms with Crippen molar-refractivity contribution in [1.82, 2.24) is 0 Å². The van der Waals surface area contributed by atoms with Gasteiger partial charge in [0, 0.05) is 12.1 Å². The molecule has 0 aromatic heterocycles. The number of nitro groups is 1. The first-order valence-electron chi connectivity index (χ1n) is 9.00. The highest BCUT2D eigenvalue weighted by molar-refractivity contribution is 5.99. The highest BCUT2D eigenvalue weighted by atomic mass is 16.6. The number of ether oxygens (including phenoxy) is 2. The predicted molar refractivity (Wildman–Crippen MR) is 109 cm³/mol. The third-order valence-corrected chi connectivity index (χ3v) is 4.11. The maximum Gasteiger partial charge on any atom is 0.411 e. The Kier molecular flexibility index (Phi) is 6.73. The van der Waals surface area contributed by atoms with E-state index in [2.05, 4.69) is 5.32 Å². The van der Waals surface area contributed by atoms with E-state index in [1.54, 1.807) is 18.2 Å². The lowest BCUT2D eigenvalue weighted by molar-refractivity contribution is -0.384. The van der Waals surface area contributed by atoms with Crippen LogP contribution in [0.3, 0.4) is 0 Å². The Hall–Kier alpha value is -4.20. The Bertz CT molecular complexity index is 1040. The Morgan fingerprint density at radius 2 is 1.40 bits per heavy atom. The number of para-hydroxylation sites is 1. The summed E-state index contributed by atoms with van der Waals surface area (Å²) in [6.45, 7) is 0.0308. The molecule has 3 aromatic rings. The van der Waals surface area contributed by atoms with E-state index in [1.807, 2.05) is 30.3 Å². The minimum Gasteiger partial charge on any atom is -0.457 e. The van der Waals surface area contributed by atoms with Gasteiger partial charge in [0.2, 0.25) is 0 Å². The average Bonchev–Trinajstić information content (AvgIpc) is 2.77. The summed E-state index contributed by atoms with van der Waals surface area (Å²) < 4.78 is 10.4. The lowest BCUT2D eigenvalue weighted by Crippen LogP contribution is -2.17. The van der Waals surface area contributed by atoms with Crippen LogP contribution in [0.2, 0.25) is 0 Å². The molecule has 0 atom stereocenters. The van der Waals surface area contributed by atoms with Gasteiger partial charge in [-0.1, -0.05) is 42.5 Å². The third-order valence-electron chi connectivity index (χ3n) is 4.11. The van der Waals surface area contributed by atoms with E-state index in [1.165, 1.54) is 30.3 Å². The zero-order chi connectivity index (χ0) is 21.3. The van der Waals surface area contributed by atoms with Crippen molar-refractivity contribution in [1.29, 1.82) is 0 Å². The number of anilines is 1. The molecule has 1 amide bonds. The van der Waals surface area contributed by atoms with E-state index >= 15 is 0 Å². The van der Waals surface area contributed by atoms with Crippen LogP contribution in [0.15, 0.2) is 78.9 Å². The minimum atomic E-state index is -0.700. The monoisotopic (exact) mass is 406 g/mol. The summed E-state index contributed by atoms with van der Waals surface area (Å²) in [5.41, 5.74) is 1.80. The number of nitrogens with one attached hydrogen (secondary N) is 1. The summed E-state index contributed by atoms with van der Waals surface area (Å²) in [5.74, 6) is -0.646. The molecule has 1 N–H and O–H groups in total. The van der Waals surface area contributed by atoms with Crippen LogP contribution in [0, 0.1) is 10.1 Å². The summed E-state index contributed by atoms with van der Waals surface area (Å²) in [6, 6.07) is 21.3. The van der Waals surface area contributed by atoms with Gasteiger partial charge < -0.3 is 9.47 Å². The van der Waals surface area contributed by atoms with Crippen LogP contribution in [0.1, 0.15) is 21.5 Å². The van der Waals surface area contributed by atoms with Crippen molar-refractivity contribution < 1.29 is 24.0 Å². The first-order valence-corrected chi connectivity index (χ1v) is 9.00. The van der Waals surface area contributed by atoms with Gasteiger partial charge in [-0.25, -0.2) is 9.59 Å². The number of nitro benzene ring substituents is 1. The number of hydrogen-bond acceptors (Lipinski definition) is 6. The number of non-ortho nitro benzene ring substituents is 1. The molecule has 0 aliphatic rings. The number of rotatable bonds is 7. The Balaban J connectivity index is 1.58. The second-order valence-electron chi connectivity index (χ2n) is 6.23. The van der Waals surface area contributed by atoms with E-state index in [9.17, 15) is 19.7 Å². The zero-order valence-electron chi connectivity index (χ0n) is 15.8. The molecular formula is C22H18N2O6. The van der Waals surface area contributed by atoms with Crippen LogP contribution in [0.4, 0.5) is 16.2 Å². The average molecular weight is 406 g/mol. The van der Waals surface area contributed by atoms with Crippen molar-refractivity contribution in [2.45, 2.75) is 13.2 Å². The largest absolute Gasteiger partial charge is 0.457 e. The lowest BCUT2D eigenvalue weighted by Gasteiger charge is -2.11. The molecule has 152 valence electrons. The van der Waals surface area contributed by atoms with Crippen molar-refractivity contribution in [3.63, 3.8) is 0 Å². The van der Waals surface area contributed by atoms with E-state index in [-0.39, 0.29) is 30.2 Å². The van der Waals surface area contributed by atoms with Crippen LogP contribution in [0.25, 0.3) is 0 Å². The van der Waals surface area contributed by atoms with Crippen LogP contribution in [0.5, 0.6) is 0 Å². The molecule has 0 fully saturated rings. The normalized spacial score (nSPS) is 10.1. The van der Waals surface area contributed by atoms with Crippen LogP contribution in [-0.2, 0) is 22.7 Å². The summed E-state index contributed by atoms with van der Waals surface area (Å²) in [4.78, 5) is 34.7. The number of esters is 1. The van der Waals surface area contributed by atoms with E-state index in [0.29, 0.717) is 5.56 Å². The van der Waals surface area contributed by atoms with Crippen molar-refractivity contribution >= 4 is 23.4 Å². The van der Waals surface area contributed by atoms with Crippen molar-refractivity contribution in [3.8, 4) is 0 Å². The molecule has 30 heavy (non-hydrogen) atoms. The van der Waals surface area contributed by atoms with E-state index < -0.39 is 17.0 Å². The number of nitrogens with zero attached hydrogens (tertiary/aromatic N) is 1. The number of benzene rings is 3. The highest BCUT2D eigenvalue weighted by Crippen LogP contribution is 2.18. The summed E-state index contributed by atoms with van der Waals surface area (Å²) in [5, 5.41) is 13.2. The van der Waals surface area contributed by atoms with Crippen LogP contribution < -0.4 is 5.32 Å². The lowest BCUT2D eigenvalue weighted by atomic mass is 10.2. The predicted octanol–water partition coefficient (Wildman–Crippen LogP) is 4.70. The fraction of sp³-hybridized carbons (Fsp3) is 0.0909. The molecule has 8 nitrogen and oxygen atoms in total. The third kappa shape index (κ3) is 5.65. The second-order valence-corrected chi connectivity index (χ2v) is 6.23. The topological polar surface area (TPSA) is 108 Å². The molecule has 0 spiro atoms. The molecule has 0 heterocycles. The number of amides is 1. The minimum absolute atomic E-state index is 0.0476. The van der Waals surface area contributed by atoms with Gasteiger partial charge in [-0.3, -0.25) is 15.4 Å². The quantitative estimate of drug-likeness (QED) is 0.346. The van der Waals surface area contributed by atoms with Gasteiger partial charge in [0.1, 0.15) is 13.2 Å². The van der Waals surface area contributed by atoms with Crippen LogP contribution >= 0.6 is 0 Å². The summed E-state index contributed by atoms with van der Waals surface area (Å²) in [7, 11) is 0. The smallest absolute Gasteiger partial charge is 0.411 e. The number of carbonyl (C=O) groups is 2. The number of hydrogen-bond donors (Lipinski definition) is 1. The fourth-order valence-electron chi connectivity index (χ4n) is 2.58. The van der Waals surface area contributed by atoms with Gasteiger partial charge in [0.15, 0.2) is 0 Å². The van der Waals surface area contributed by atoms with Gasteiger partial charge in [0.25, 0.3) is 5.69 Å². The number of carbonyl (C=O) groups excluding carboxylic acids is 2. The van der Waals surface area contributed by atoms with Crippen molar-refractivity contribution in [3.05, 3.63) is 106 Å². The standard InChI is InChI=1S/C22H18N2O6/c25-21(29-14-17-10-12-18(13-11-17)24(27)28)19-8-4-5-9-20(19)23-22(26)30-15-16-6-2-1-3-7-16/h1-13H,14-15H2,(H,23,26). The van der Waals surface area contributed by atoms with Gasteiger partial charge in [-0.15, -0.1) is 0 Å². The van der Waals surface area contributed by atoms with E-state index in [4.69, 9.17) is 9.47 Å². The second kappa shape index (κ2) is 9.83. The Morgan fingerprint density at radius 3 is 2.10 bits per heavy atom. The SMILES string of the molecule is O=C(Nc1ccccc1C(=O)OCc1ccc([N+](=O)[O-])cc1)OCc1ccccc1. The molecule has 8 heteroatoms. The molecule has 0 saturated heterocycles. The van der Waals surface area contributed by atoms with Gasteiger partial charge in [-0.2, -0.15) is 0 Å². The molecule has 3 rings (SSSR count). The molecule has 0 unspecified atom stereocenters. The Morgan fingerprint density at radius 1 is 0.800 bits per heavy atom. The summed E-state index contributed by atoms with van der Waals surface area (Å²) in [6.07, 6.45) is -0.700. The highest BCUT2D eigenvalue weighted by Gasteiger charge is 2.15. The van der Waals surface area contributed by atoms with Crippen molar-refractivity contribution in [2.75, 3.05) is 5.32 Å². The molecule has 0 radical (unpaired) electrons. The first kappa shape index (κ1) is 20.5. The molecule has 0 saturated carbocycles. The van der Waals surface area contributed by atoms with Gasteiger partial charge in [-0.05, 0) is 35.4 Å². The van der Waals surface area contributed by atoms with Crippen LogP contribution in [-0.4, -0.2) is 17.0 Å². The molecule has 0 aliphatic heterocycles. The van der Waals surface area contributed by atoms with Gasteiger partial charge >= 0.3 is 12.1 Å². The molecule has 0 aliphatic carbocycles. The fourth-order valence-corrected chi connectivity index (χ4v) is 2.58. The van der Waals surface area contributed by atoms with Crippen molar-refractivity contribution in [2.24, 2.45) is 0 Å². The van der Waals surface area contributed by atoms with Gasteiger partial charge in [0.05, 0.1) is 16.2 Å². The first-order chi connectivity index (χ1) is 14.5.